The molecule has 0 saturated heterocycles. The molecule has 21 heavy (non-hydrogen) atoms. The molecule has 0 saturated carbocycles. The minimum absolute atomic E-state index is 0.00494. The summed E-state index contributed by atoms with van der Waals surface area (Å²) in [5.74, 6) is 0.00494. The Balaban J connectivity index is 1.87. The summed E-state index contributed by atoms with van der Waals surface area (Å²) in [5, 5.41) is 24.2. The lowest BCUT2D eigenvalue weighted by molar-refractivity contribution is 0.173. The highest BCUT2D eigenvalue weighted by molar-refractivity contribution is 5.87. The lowest BCUT2D eigenvalue weighted by atomic mass is 10.0. The highest BCUT2D eigenvalue weighted by Crippen LogP contribution is 2.28. The van der Waals surface area contributed by atoms with Crippen LogP contribution in [0.4, 0.5) is 0 Å². The number of fused-ring (bicyclic) bond motifs is 1. The van der Waals surface area contributed by atoms with Gasteiger partial charge >= 0.3 is 0 Å². The molecule has 0 amide bonds. The Morgan fingerprint density at radius 2 is 2.19 bits per heavy atom. The Morgan fingerprint density at radius 3 is 2.95 bits per heavy atom. The second-order valence-electron chi connectivity index (χ2n) is 5.32. The average molecular weight is 286 g/mol. The van der Waals surface area contributed by atoms with E-state index in [2.05, 4.69) is 22.5 Å². The van der Waals surface area contributed by atoms with Crippen molar-refractivity contribution in [1.29, 1.82) is 0 Å². The summed E-state index contributed by atoms with van der Waals surface area (Å²) in [6, 6.07) is 6.51. The maximum absolute atomic E-state index is 11.4. The number of phenols is 1. The standard InChI is InChI=1S/C16H18N2O3/c19-13-7-5-11(12-6-8-15(21)18-16(12)13)14(20)9-17-10-3-1-2-4-10/h1,3,5-8,10,14,17,19-20H,2,4,9H2,(H,18,21)/t10-,14+/m1/s1. The first-order valence-corrected chi connectivity index (χ1v) is 7.08. The van der Waals surface area contributed by atoms with Gasteiger partial charge in [-0.25, -0.2) is 0 Å². The first kappa shape index (κ1) is 13.9. The van der Waals surface area contributed by atoms with Gasteiger partial charge in [-0.1, -0.05) is 18.2 Å². The molecule has 1 heterocycles. The van der Waals surface area contributed by atoms with Crippen molar-refractivity contribution in [2.24, 2.45) is 0 Å². The van der Waals surface area contributed by atoms with Crippen LogP contribution in [0, 0.1) is 0 Å². The van der Waals surface area contributed by atoms with Crippen LogP contribution in [0.25, 0.3) is 10.9 Å². The zero-order valence-electron chi connectivity index (χ0n) is 11.5. The van der Waals surface area contributed by atoms with Crippen molar-refractivity contribution >= 4 is 10.9 Å². The van der Waals surface area contributed by atoms with Gasteiger partial charge in [0.25, 0.3) is 0 Å². The van der Waals surface area contributed by atoms with Crippen molar-refractivity contribution in [3.05, 3.63) is 52.3 Å². The number of hydrogen-bond donors (Lipinski definition) is 4. The smallest absolute Gasteiger partial charge is 0.248 e. The predicted molar refractivity (Wildman–Crippen MR) is 81.4 cm³/mol. The van der Waals surface area contributed by atoms with E-state index in [4.69, 9.17) is 0 Å². The molecule has 1 aromatic heterocycles. The van der Waals surface area contributed by atoms with Crippen LogP contribution in [0.15, 0.2) is 41.2 Å². The molecule has 5 heteroatoms. The van der Waals surface area contributed by atoms with Gasteiger partial charge in [0.1, 0.15) is 5.75 Å². The van der Waals surface area contributed by atoms with Crippen LogP contribution < -0.4 is 10.9 Å². The molecule has 0 spiro atoms. The van der Waals surface area contributed by atoms with Gasteiger partial charge in [0.15, 0.2) is 0 Å². The molecule has 2 atom stereocenters. The summed E-state index contributed by atoms with van der Waals surface area (Å²) >= 11 is 0. The zero-order valence-corrected chi connectivity index (χ0v) is 11.5. The molecule has 1 aliphatic rings. The van der Waals surface area contributed by atoms with Gasteiger partial charge in [-0.3, -0.25) is 4.79 Å². The van der Waals surface area contributed by atoms with Crippen molar-refractivity contribution < 1.29 is 10.2 Å². The fourth-order valence-corrected chi connectivity index (χ4v) is 2.73. The maximum atomic E-state index is 11.4. The van der Waals surface area contributed by atoms with E-state index in [0.29, 0.717) is 29.1 Å². The maximum Gasteiger partial charge on any atom is 0.248 e. The van der Waals surface area contributed by atoms with Crippen LogP contribution in [0.1, 0.15) is 24.5 Å². The van der Waals surface area contributed by atoms with Crippen LogP contribution in [0.2, 0.25) is 0 Å². The van der Waals surface area contributed by atoms with Crippen LogP contribution >= 0.6 is 0 Å². The number of aliphatic hydroxyl groups is 1. The topological polar surface area (TPSA) is 85.3 Å². The molecule has 2 aromatic rings. The molecule has 5 nitrogen and oxygen atoms in total. The highest BCUT2D eigenvalue weighted by Gasteiger charge is 2.16. The Morgan fingerprint density at radius 1 is 1.33 bits per heavy atom. The van der Waals surface area contributed by atoms with E-state index >= 15 is 0 Å². The third-order valence-corrected chi connectivity index (χ3v) is 3.85. The molecule has 1 aromatic carbocycles. The molecule has 1 aliphatic carbocycles. The third-order valence-electron chi connectivity index (χ3n) is 3.85. The van der Waals surface area contributed by atoms with Gasteiger partial charge in [-0.05, 0) is 30.5 Å². The molecular weight excluding hydrogens is 268 g/mol. The van der Waals surface area contributed by atoms with Crippen molar-refractivity contribution in [2.75, 3.05) is 6.54 Å². The SMILES string of the molecule is O=c1ccc2c([C@@H](O)CN[C@@H]3C=CCC3)ccc(O)c2[nH]1. The summed E-state index contributed by atoms with van der Waals surface area (Å²) in [7, 11) is 0. The van der Waals surface area contributed by atoms with Crippen molar-refractivity contribution in [3.63, 3.8) is 0 Å². The molecule has 0 unspecified atom stereocenters. The van der Waals surface area contributed by atoms with Gasteiger partial charge in [0, 0.05) is 24.0 Å². The largest absolute Gasteiger partial charge is 0.506 e. The number of nitrogens with one attached hydrogen (secondary N) is 2. The Bertz CT molecular complexity index is 736. The average Bonchev–Trinajstić information content (AvgIpc) is 2.99. The second-order valence-corrected chi connectivity index (χ2v) is 5.32. The summed E-state index contributed by atoms with van der Waals surface area (Å²) in [5.41, 5.74) is 0.770. The molecule has 0 bridgehead atoms. The van der Waals surface area contributed by atoms with E-state index in [1.54, 1.807) is 12.1 Å². The number of allylic oxidation sites excluding steroid dienone is 1. The predicted octanol–water partition coefficient (Wildman–Crippen LogP) is 1.58. The molecule has 3 rings (SSSR count). The van der Waals surface area contributed by atoms with E-state index in [1.807, 2.05) is 0 Å². The van der Waals surface area contributed by atoms with Crippen LogP contribution in [0.3, 0.4) is 0 Å². The first-order chi connectivity index (χ1) is 10.1. The minimum Gasteiger partial charge on any atom is -0.506 e. The number of phenolic OH excluding ortho intramolecular Hbond substituents is 1. The Kier molecular flexibility index (Phi) is 3.77. The number of pyridine rings is 1. The van der Waals surface area contributed by atoms with Crippen molar-refractivity contribution in [1.82, 2.24) is 10.3 Å². The highest BCUT2D eigenvalue weighted by atomic mass is 16.3. The van der Waals surface area contributed by atoms with Gasteiger partial charge in [0.2, 0.25) is 5.56 Å². The summed E-state index contributed by atoms with van der Waals surface area (Å²) in [6.07, 6.45) is 5.66. The monoisotopic (exact) mass is 286 g/mol. The number of aromatic amines is 1. The number of aromatic nitrogens is 1. The quantitative estimate of drug-likeness (QED) is 0.643. The van der Waals surface area contributed by atoms with Crippen LogP contribution in [0.5, 0.6) is 5.75 Å². The minimum atomic E-state index is -0.701. The molecule has 0 fully saturated rings. The number of benzene rings is 1. The number of rotatable bonds is 4. The summed E-state index contributed by atoms with van der Waals surface area (Å²) in [4.78, 5) is 14.0. The molecule has 4 N–H and O–H groups in total. The number of aliphatic hydroxyl groups excluding tert-OH is 1. The lowest BCUT2D eigenvalue weighted by Gasteiger charge is -2.17. The third kappa shape index (κ3) is 2.84. The fourth-order valence-electron chi connectivity index (χ4n) is 2.73. The molecule has 110 valence electrons. The first-order valence-electron chi connectivity index (χ1n) is 7.08. The number of H-pyrrole nitrogens is 1. The van der Waals surface area contributed by atoms with E-state index in [0.717, 1.165) is 12.8 Å². The molecular formula is C16H18N2O3. The van der Waals surface area contributed by atoms with Gasteiger partial charge in [0.05, 0.1) is 11.6 Å². The normalized spacial score (nSPS) is 19.2. The molecule has 0 radical (unpaired) electrons. The van der Waals surface area contributed by atoms with E-state index in [-0.39, 0.29) is 11.3 Å². The van der Waals surface area contributed by atoms with Gasteiger partial charge < -0.3 is 20.5 Å². The van der Waals surface area contributed by atoms with Gasteiger partial charge in [-0.2, -0.15) is 0 Å². The Labute approximate surface area is 121 Å². The fraction of sp³-hybridized carbons (Fsp3) is 0.312. The summed E-state index contributed by atoms with van der Waals surface area (Å²) in [6.45, 7) is 0.425. The lowest BCUT2D eigenvalue weighted by Crippen LogP contribution is -2.29. The Hall–Kier alpha value is -2.11. The van der Waals surface area contributed by atoms with Crippen molar-refractivity contribution in [3.8, 4) is 5.75 Å². The van der Waals surface area contributed by atoms with Crippen LogP contribution in [-0.4, -0.2) is 27.8 Å². The van der Waals surface area contributed by atoms with Gasteiger partial charge in [-0.15, -0.1) is 0 Å². The summed E-state index contributed by atoms with van der Waals surface area (Å²) < 4.78 is 0. The van der Waals surface area contributed by atoms with Crippen LogP contribution in [-0.2, 0) is 0 Å². The van der Waals surface area contributed by atoms with E-state index in [9.17, 15) is 15.0 Å². The van der Waals surface area contributed by atoms with Crippen molar-refractivity contribution in [2.45, 2.75) is 25.0 Å². The molecule has 0 aliphatic heterocycles. The zero-order chi connectivity index (χ0) is 14.8. The second kappa shape index (κ2) is 5.71. The number of hydrogen-bond acceptors (Lipinski definition) is 4. The number of aromatic hydroxyl groups is 1. The van der Waals surface area contributed by atoms with E-state index in [1.165, 1.54) is 12.1 Å². The van der Waals surface area contributed by atoms with E-state index < -0.39 is 6.10 Å².